The highest BCUT2D eigenvalue weighted by Gasteiger charge is 2.26. The van der Waals surface area contributed by atoms with Crippen molar-refractivity contribution >= 4 is 0 Å². The molecule has 1 nitrogen and oxygen atoms in total. The van der Waals surface area contributed by atoms with E-state index in [1.54, 1.807) is 18.2 Å². The van der Waals surface area contributed by atoms with Gasteiger partial charge in [0.15, 0.2) is 11.6 Å². The predicted molar refractivity (Wildman–Crippen MR) is 97.5 cm³/mol. The van der Waals surface area contributed by atoms with Crippen molar-refractivity contribution in [2.75, 3.05) is 6.61 Å². The van der Waals surface area contributed by atoms with E-state index in [-0.39, 0.29) is 16.9 Å². The van der Waals surface area contributed by atoms with Gasteiger partial charge in [-0.15, -0.1) is 0 Å². The number of ether oxygens (including phenoxy) is 1. The molecule has 0 saturated carbocycles. The third kappa shape index (κ3) is 3.80. The summed E-state index contributed by atoms with van der Waals surface area (Å²) in [6.45, 7) is 4.65. The largest absolute Gasteiger partial charge is 0.373 e. The van der Waals surface area contributed by atoms with Crippen molar-refractivity contribution in [1.82, 2.24) is 0 Å². The molecule has 1 heterocycles. The Bertz CT molecular complexity index is 764. The normalized spacial score (nSPS) is 20.3. The number of hydrogen-bond acceptors (Lipinski definition) is 1. The first-order valence-electron chi connectivity index (χ1n) is 9.43. The summed E-state index contributed by atoms with van der Waals surface area (Å²) in [5.74, 6) is -1.72. The molecule has 0 aromatic heterocycles. The maximum atomic E-state index is 14.7. The minimum atomic E-state index is -0.939. The van der Waals surface area contributed by atoms with Gasteiger partial charge in [-0.25, -0.2) is 13.2 Å². The molecule has 1 aliphatic heterocycles. The van der Waals surface area contributed by atoms with Crippen LogP contribution in [-0.4, -0.2) is 6.61 Å². The van der Waals surface area contributed by atoms with Gasteiger partial charge in [0, 0.05) is 11.1 Å². The van der Waals surface area contributed by atoms with Crippen LogP contribution in [0.15, 0.2) is 30.3 Å². The third-order valence-electron chi connectivity index (χ3n) is 5.29. The Morgan fingerprint density at radius 3 is 2.42 bits per heavy atom. The first-order chi connectivity index (χ1) is 12.5. The van der Waals surface area contributed by atoms with Crippen LogP contribution in [0.1, 0.15) is 56.8 Å². The van der Waals surface area contributed by atoms with Crippen LogP contribution in [-0.2, 0) is 11.2 Å². The van der Waals surface area contributed by atoms with Crippen molar-refractivity contribution in [3.05, 3.63) is 58.9 Å². The van der Waals surface area contributed by atoms with E-state index in [1.165, 1.54) is 12.1 Å². The minimum absolute atomic E-state index is 0.0791. The molecular weight excluding hydrogens is 337 g/mol. The zero-order valence-electron chi connectivity index (χ0n) is 15.3. The van der Waals surface area contributed by atoms with Gasteiger partial charge in [0.25, 0.3) is 0 Å². The fourth-order valence-corrected chi connectivity index (χ4v) is 3.60. The standard InChI is InChI=1S/C22H25F3O/c1-3-5-15-7-8-16(12-19(15)23)17-9-10-18(22(25)21(17)24)20-11-6-14(4-2)13-26-20/h7-10,12,14,20H,3-6,11,13H2,1-2H3. The maximum Gasteiger partial charge on any atom is 0.167 e. The van der Waals surface area contributed by atoms with Crippen molar-refractivity contribution < 1.29 is 17.9 Å². The van der Waals surface area contributed by atoms with E-state index in [9.17, 15) is 13.2 Å². The fraction of sp³-hybridized carbons (Fsp3) is 0.455. The predicted octanol–water partition coefficient (Wildman–Crippen LogP) is 6.60. The lowest BCUT2D eigenvalue weighted by atomic mass is 9.91. The second-order valence-electron chi connectivity index (χ2n) is 7.06. The van der Waals surface area contributed by atoms with E-state index in [4.69, 9.17) is 4.74 Å². The lowest BCUT2D eigenvalue weighted by Gasteiger charge is -2.29. The van der Waals surface area contributed by atoms with Crippen LogP contribution < -0.4 is 0 Å². The Labute approximate surface area is 153 Å². The van der Waals surface area contributed by atoms with Gasteiger partial charge in [-0.05, 0) is 42.4 Å². The SMILES string of the molecule is CCCc1ccc(-c2ccc(C3CCC(CC)CO3)c(F)c2F)cc1F. The molecule has 0 spiro atoms. The Morgan fingerprint density at radius 2 is 1.81 bits per heavy atom. The van der Waals surface area contributed by atoms with E-state index in [1.807, 2.05) is 6.92 Å². The number of benzene rings is 2. The summed E-state index contributed by atoms with van der Waals surface area (Å²) >= 11 is 0. The lowest BCUT2D eigenvalue weighted by Crippen LogP contribution is -2.21. The fourth-order valence-electron chi connectivity index (χ4n) is 3.60. The molecule has 0 N–H and O–H groups in total. The molecule has 0 bridgehead atoms. The summed E-state index contributed by atoms with van der Waals surface area (Å²) in [5, 5.41) is 0. The van der Waals surface area contributed by atoms with Gasteiger partial charge in [0.2, 0.25) is 0 Å². The molecule has 2 unspecified atom stereocenters. The highest BCUT2D eigenvalue weighted by molar-refractivity contribution is 5.65. The zero-order chi connectivity index (χ0) is 18.7. The molecule has 0 radical (unpaired) electrons. The average molecular weight is 362 g/mol. The van der Waals surface area contributed by atoms with E-state index in [0.717, 1.165) is 19.3 Å². The van der Waals surface area contributed by atoms with E-state index in [0.29, 0.717) is 36.5 Å². The Balaban J connectivity index is 1.87. The molecule has 1 fully saturated rings. The summed E-state index contributed by atoms with van der Waals surface area (Å²) in [5.41, 5.74) is 1.27. The van der Waals surface area contributed by atoms with Crippen LogP contribution in [0.4, 0.5) is 13.2 Å². The van der Waals surface area contributed by atoms with Crippen LogP contribution in [0.2, 0.25) is 0 Å². The van der Waals surface area contributed by atoms with Gasteiger partial charge in [-0.2, -0.15) is 0 Å². The van der Waals surface area contributed by atoms with Crippen molar-refractivity contribution in [2.45, 2.75) is 52.1 Å². The number of hydrogen-bond donors (Lipinski definition) is 0. The van der Waals surface area contributed by atoms with Crippen molar-refractivity contribution in [3.8, 4) is 11.1 Å². The second kappa shape index (κ2) is 8.26. The zero-order valence-corrected chi connectivity index (χ0v) is 15.3. The first kappa shape index (κ1) is 19.0. The molecule has 0 amide bonds. The summed E-state index contributed by atoms with van der Waals surface area (Å²) in [4.78, 5) is 0. The maximum absolute atomic E-state index is 14.7. The molecule has 2 aromatic rings. The van der Waals surface area contributed by atoms with Crippen LogP contribution in [0.5, 0.6) is 0 Å². The number of rotatable bonds is 5. The van der Waals surface area contributed by atoms with E-state index >= 15 is 0 Å². The minimum Gasteiger partial charge on any atom is -0.373 e. The quantitative estimate of drug-likeness (QED) is 0.582. The van der Waals surface area contributed by atoms with Gasteiger partial charge in [-0.1, -0.05) is 51.0 Å². The van der Waals surface area contributed by atoms with E-state index in [2.05, 4.69) is 6.92 Å². The van der Waals surface area contributed by atoms with Gasteiger partial charge in [0.05, 0.1) is 12.7 Å². The number of halogens is 3. The average Bonchev–Trinajstić information content (AvgIpc) is 2.66. The Morgan fingerprint density at radius 1 is 1.00 bits per heavy atom. The number of aryl methyl sites for hydroxylation is 1. The highest BCUT2D eigenvalue weighted by atomic mass is 19.2. The lowest BCUT2D eigenvalue weighted by molar-refractivity contribution is -0.0200. The van der Waals surface area contributed by atoms with Crippen LogP contribution in [0, 0.1) is 23.4 Å². The van der Waals surface area contributed by atoms with Gasteiger partial charge in [-0.3, -0.25) is 0 Å². The molecule has 140 valence electrons. The van der Waals surface area contributed by atoms with Crippen LogP contribution in [0.25, 0.3) is 11.1 Å². The topological polar surface area (TPSA) is 9.23 Å². The molecule has 1 saturated heterocycles. The van der Waals surface area contributed by atoms with Crippen molar-refractivity contribution in [1.29, 1.82) is 0 Å². The summed E-state index contributed by atoms with van der Waals surface area (Å²) in [7, 11) is 0. The molecule has 1 aliphatic rings. The molecule has 3 rings (SSSR count). The summed E-state index contributed by atoms with van der Waals surface area (Å²) < 4.78 is 49.2. The Kier molecular flexibility index (Phi) is 6.02. The highest BCUT2D eigenvalue weighted by Crippen LogP contribution is 2.36. The Hall–Kier alpha value is -1.81. The van der Waals surface area contributed by atoms with Crippen molar-refractivity contribution in [2.24, 2.45) is 5.92 Å². The monoisotopic (exact) mass is 362 g/mol. The third-order valence-corrected chi connectivity index (χ3v) is 5.29. The molecule has 2 aromatic carbocycles. The molecule has 0 aliphatic carbocycles. The molecule has 2 atom stereocenters. The van der Waals surface area contributed by atoms with Gasteiger partial charge in [0.1, 0.15) is 5.82 Å². The molecular formula is C22H25F3O. The smallest absolute Gasteiger partial charge is 0.167 e. The first-order valence-corrected chi connectivity index (χ1v) is 9.43. The van der Waals surface area contributed by atoms with Gasteiger partial charge < -0.3 is 4.74 Å². The molecule has 4 heteroatoms. The van der Waals surface area contributed by atoms with Crippen LogP contribution in [0.3, 0.4) is 0 Å². The van der Waals surface area contributed by atoms with Gasteiger partial charge >= 0.3 is 0 Å². The summed E-state index contributed by atoms with van der Waals surface area (Å²) in [6.07, 6.45) is 3.71. The molecule has 26 heavy (non-hydrogen) atoms. The van der Waals surface area contributed by atoms with Crippen molar-refractivity contribution in [3.63, 3.8) is 0 Å². The second-order valence-corrected chi connectivity index (χ2v) is 7.06. The van der Waals surface area contributed by atoms with E-state index < -0.39 is 17.7 Å². The van der Waals surface area contributed by atoms with Crippen LogP contribution >= 0.6 is 0 Å². The summed E-state index contributed by atoms with van der Waals surface area (Å²) in [6, 6.07) is 7.68.